The van der Waals surface area contributed by atoms with Gasteiger partial charge in [0.2, 0.25) is 0 Å². The number of carbonyl (C=O) groups excluding carboxylic acids is 3. The van der Waals surface area contributed by atoms with Crippen LogP contribution in [0.1, 0.15) is 47.8 Å². The molecule has 42 heavy (non-hydrogen) atoms. The topological polar surface area (TPSA) is 78.9 Å². The highest BCUT2D eigenvalue weighted by Crippen LogP contribution is 2.19. The van der Waals surface area contributed by atoms with Crippen LogP contribution in [-0.4, -0.2) is 38.7 Å². The van der Waals surface area contributed by atoms with Gasteiger partial charge in [-0.05, 0) is 89.5 Å². The first kappa shape index (κ1) is 29.5. The number of ether oxygens (including phenoxy) is 3. The number of carbonyl (C=O) groups is 3. The van der Waals surface area contributed by atoms with Crippen LogP contribution in [0.3, 0.4) is 0 Å². The molecule has 6 nitrogen and oxygen atoms in total. The molecule has 210 valence electrons. The van der Waals surface area contributed by atoms with E-state index in [0.717, 1.165) is 16.7 Å². The summed E-state index contributed by atoms with van der Waals surface area (Å²) >= 11 is 0. The lowest BCUT2D eigenvalue weighted by Crippen LogP contribution is -2.05. The lowest BCUT2D eigenvalue weighted by Gasteiger charge is -2.06. The quantitative estimate of drug-likeness (QED) is 0.133. The van der Waals surface area contributed by atoms with Crippen molar-refractivity contribution >= 4 is 35.6 Å². The van der Waals surface area contributed by atoms with E-state index in [1.807, 2.05) is 36.4 Å². The third-order valence-electron chi connectivity index (χ3n) is 6.42. The normalized spacial score (nSPS) is 11.2. The highest BCUT2D eigenvalue weighted by molar-refractivity contribution is 6.15. The monoisotopic (exact) mass is 558 g/mol. The van der Waals surface area contributed by atoms with Crippen LogP contribution in [0.2, 0.25) is 0 Å². The molecule has 4 rings (SSSR count). The van der Waals surface area contributed by atoms with Crippen LogP contribution in [0.15, 0.2) is 109 Å². The highest BCUT2D eigenvalue weighted by Gasteiger charge is 2.14. The Balaban J connectivity index is 1.62. The Hall–Kier alpha value is -5.49. The van der Waals surface area contributed by atoms with Crippen molar-refractivity contribution in [3.63, 3.8) is 0 Å². The second-order valence-corrected chi connectivity index (χ2v) is 9.21. The number of ketones is 3. The second kappa shape index (κ2) is 14.2. The van der Waals surface area contributed by atoms with Crippen LogP contribution in [0.25, 0.3) is 18.2 Å². The van der Waals surface area contributed by atoms with Gasteiger partial charge in [-0.1, -0.05) is 54.6 Å². The molecule has 0 aliphatic carbocycles. The first-order chi connectivity index (χ1) is 20.4. The average Bonchev–Trinajstić information content (AvgIpc) is 3.05. The number of benzene rings is 4. The molecular weight excluding hydrogens is 528 g/mol. The molecule has 0 aliphatic heterocycles. The minimum Gasteiger partial charge on any atom is -0.497 e. The lowest BCUT2D eigenvalue weighted by molar-refractivity contribution is 0.104. The van der Waals surface area contributed by atoms with E-state index >= 15 is 0 Å². The molecule has 0 radical (unpaired) electrons. The first-order valence-corrected chi connectivity index (χ1v) is 13.1. The molecule has 0 amide bonds. The van der Waals surface area contributed by atoms with E-state index in [2.05, 4.69) is 0 Å². The number of rotatable bonds is 12. The van der Waals surface area contributed by atoms with Gasteiger partial charge in [-0.15, -0.1) is 0 Å². The van der Waals surface area contributed by atoms with Crippen LogP contribution < -0.4 is 14.2 Å². The number of hydrogen-bond acceptors (Lipinski definition) is 6. The molecule has 0 saturated carbocycles. The molecular formula is C36H30O6. The van der Waals surface area contributed by atoms with Crippen molar-refractivity contribution in [3.8, 4) is 17.2 Å². The number of hydrogen-bond donors (Lipinski definition) is 0. The Labute approximate surface area is 245 Å². The van der Waals surface area contributed by atoms with Crippen molar-refractivity contribution in [2.24, 2.45) is 0 Å². The molecule has 0 aromatic heterocycles. The maximum atomic E-state index is 13.2. The molecule has 0 spiro atoms. The molecule has 4 aromatic carbocycles. The summed E-state index contributed by atoms with van der Waals surface area (Å²) in [6.07, 6.45) is 9.26. The van der Waals surface area contributed by atoms with E-state index in [1.165, 1.54) is 36.4 Å². The van der Waals surface area contributed by atoms with E-state index in [4.69, 9.17) is 14.2 Å². The molecule has 4 aromatic rings. The van der Waals surface area contributed by atoms with Gasteiger partial charge >= 0.3 is 0 Å². The highest BCUT2D eigenvalue weighted by atomic mass is 16.5. The maximum Gasteiger partial charge on any atom is 0.185 e. The summed E-state index contributed by atoms with van der Waals surface area (Å²) in [6, 6.07) is 26.2. The van der Waals surface area contributed by atoms with Crippen molar-refractivity contribution in [1.82, 2.24) is 0 Å². The van der Waals surface area contributed by atoms with Gasteiger partial charge in [0, 0.05) is 16.7 Å². The standard InChI is InChI=1S/C36H30O6/c1-40-31-13-4-25(5-14-31)10-19-34(37)28-22-29(35(38)20-11-26-6-15-32(41-2)16-7-26)24-30(23-28)36(39)21-12-27-8-17-33(42-3)18-9-27/h4-24H,1-3H3/b19-10+,20-11+,21-12+. The first-order valence-electron chi connectivity index (χ1n) is 13.1. The summed E-state index contributed by atoms with van der Waals surface area (Å²) in [5.41, 5.74) is 3.09. The van der Waals surface area contributed by atoms with Crippen LogP contribution in [0.5, 0.6) is 17.2 Å². The fourth-order valence-corrected chi connectivity index (χ4v) is 4.00. The summed E-state index contributed by atoms with van der Waals surface area (Å²) in [5.74, 6) is 1.10. The molecule has 0 fully saturated rings. The summed E-state index contributed by atoms with van der Waals surface area (Å²) < 4.78 is 15.5. The van der Waals surface area contributed by atoms with Crippen molar-refractivity contribution in [1.29, 1.82) is 0 Å². The molecule has 0 aliphatic rings. The number of allylic oxidation sites excluding steroid dienone is 3. The predicted molar refractivity (Wildman–Crippen MR) is 166 cm³/mol. The maximum absolute atomic E-state index is 13.2. The zero-order valence-corrected chi connectivity index (χ0v) is 23.6. The molecule has 6 heteroatoms. The summed E-state index contributed by atoms with van der Waals surface area (Å²) in [5, 5.41) is 0. The molecule has 0 bridgehead atoms. The van der Waals surface area contributed by atoms with E-state index in [9.17, 15) is 14.4 Å². The van der Waals surface area contributed by atoms with E-state index in [-0.39, 0.29) is 34.0 Å². The van der Waals surface area contributed by atoms with E-state index in [0.29, 0.717) is 17.2 Å². The van der Waals surface area contributed by atoms with Gasteiger partial charge in [-0.2, -0.15) is 0 Å². The fraction of sp³-hybridized carbons (Fsp3) is 0.0833. The lowest BCUT2D eigenvalue weighted by atomic mass is 9.97. The van der Waals surface area contributed by atoms with Gasteiger partial charge < -0.3 is 14.2 Å². The van der Waals surface area contributed by atoms with Gasteiger partial charge in [-0.25, -0.2) is 0 Å². The summed E-state index contributed by atoms with van der Waals surface area (Å²) in [7, 11) is 4.75. The molecule has 0 heterocycles. The fourth-order valence-electron chi connectivity index (χ4n) is 4.00. The Morgan fingerprint density at radius 3 is 0.881 bits per heavy atom. The van der Waals surface area contributed by atoms with Gasteiger partial charge in [0.05, 0.1) is 21.3 Å². The molecule has 0 N–H and O–H groups in total. The van der Waals surface area contributed by atoms with Gasteiger partial charge in [0.15, 0.2) is 17.3 Å². The zero-order valence-electron chi connectivity index (χ0n) is 23.6. The molecule has 0 unspecified atom stereocenters. The minimum absolute atomic E-state index is 0.227. The van der Waals surface area contributed by atoms with Crippen LogP contribution >= 0.6 is 0 Å². The predicted octanol–water partition coefficient (Wildman–Crippen LogP) is 7.40. The van der Waals surface area contributed by atoms with Gasteiger partial charge in [0.25, 0.3) is 0 Å². The largest absolute Gasteiger partial charge is 0.497 e. The smallest absolute Gasteiger partial charge is 0.185 e. The van der Waals surface area contributed by atoms with Crippen LogP contribution in [0, 0.1) is 0 Å². The van der Waals surface area contributed by atoms with Crippen molar-refractivity contribution in [2.75, 3.05) is 21.3 Å². The van der Waals surface area contributed by atoms with Crippen LogP contribution in [-0.2, 0) is 0 Å². The third kappa shape index (κ3) is 8.02. The Bertz CT molecular complexity index is 1430. The van der Waals surface area contributed by atoms with E-state index in [1.54, 1.807) is 76.0 Å². The Morgan fingerprint density at radius 2 is 0.667 bits per heavy atom. The average molecular weight is 559 g/mol. The number of methoxy groups -OCH3 is 3. The third-order valence-corrected chi connectivity index (χ3v) is 6.42. The van der Waals surface area contributed by atoms with Crippen molar-refractivity contribution in [3.05, 3.63) is 143 Å². The zero-order chi connectivity index (χ0) is 29.9. The molecule has 0 atom stereocenters. The summed E-state index contributed by atoms with van der Waals surface area (Å²) in [6.45, 7) is 0. The van der Waals surface area contributed by atoms with Gasteiger partial charge in [0.1, 0.15) is 17.2 Å². The molecule has 0 saturated heterocycles. The summed E-state index contributed by atoms with van der Waals surface area (Å²) in [4.78, 5) is 39.5. The van der Waals surface area contributed by atoms with Crippen molar-refractivity contribution in [2.45, 2.75) is 0 Å². The van der Waals surface area contributed by atoms with E-state index < -0.39 is 0 Å². The van der Waals surface area contributed by atoms with Crippen molar-refractivity contribution < 1.29 is 28.6 Å². The SMILES string of the molecule is COc1ccc(/C=C/C(=O)c2cc(C(=O)/C=C/c3ccc(OC)cc3)cc(C(=O)/C=C/c3ccc(OC)cc3)c2)cc1. The second-order valence-electron chi connectivity index (χ2n) is 9.21. The minimum atomic E-state index is -0.340. The van der Waals surface area contributed by atoms with Crippen LogP contribution in [0.4, 0.5) is 0 Å². The Kier molecular flexibility index (Phi) is 9.99. The Morgan fingerprint density at radius 1 is 0.429 bits per heavy atom. The van der Waals surface area contributed by atoms with Gasteiger partial charge in [-0.3, -0.25) is 14.4 Å².